The van der Waals surface area contributed by atoms with Gasteiger partial charge in [-0.3, -0.25) is 0 Å². The van der Waals surface area contributed by atoms with Crippen molar-refractivity contribution in [3.05, 3.63) is 70.3 Å². The standard InChI is InChI=1S/C19H18BrN/c20-17-9-7-14(8-10-17)11-18-12-16-3-1-2-4-19(16)21(18)13-15-5-6-15/h1-4,7-10,12,15H,5-6,11,13H2. The number of benzene rings is 2. The van der Waals surface area contributed by atoms with Crippen LogP contribution in [-0.2, 0) is 13.0 Å². The van der Waals surface area contributed by atoms with Crippen molar-refractivity contribution in [3.63, 3.8) is 0 Å². The van der Waals surface area contributed by atoms with Crippen molar-refractivity contribution in [2.75, 3.05) is 0 Å². The molecule has 1 heterocycles. The lowest BCUT2D eigenvalue weighted by atomic mass is 10.1. The first-order valence-corrected chi connectivity index (χ1v) is 8.40. The molecular formula is C19H18BrN. The Balaban J connectivity index is 1.73. The first-order valence-electron chi connectivity index (χ1n) is 7.61. The van der Waals surface area contributed by atoms with Crippen LogP contribution in [0, 0.1) is 5.92 Å². The minimum atomic E-state index is 0.893. The van der Waals surface area contributed by atoms with E-state index in [2.05, 4.69) is 75.1 Å². The topological polar surface area (TPSA) is 4.93 Å². The third kappa shape index (κ3) is 2.77. The number of hydrogen-bond acceptors (Lipinski definition) is 0. The number of rotatable bonds is 4. The van der Waals surface area contributed by atoms with E-state index in [1.165, 1.54) is 41.5 Å². The third-order valence-electron chi connectivity index (χ3n) is 4.33. The molecule has 4 rings (SSSR count). The van der Waals surface area contributed by atoms with Crippen LogP contribution in [-0.4, -0.2) is 4.57 Å². The summed E-state index contributed by atoms with van der Waals surface area (Å²) >= 11 is 3.51. The maximum Gasteiger partial charge on any atom is 0.0482 e. The molecule has 0 bridgehead atoms. The molecule has 0 radical (unpaired) electrons. The summed E-state index contributed by atoms with van der Waals surface area (Å²) in [5.74, 6) is 0.893. The van der Waals surface area contributed by atoms with E-state index < -0.39 is 0 Å². The molecule has 0 atom stereocenters. The molecule has 0 N–H and O–H groups in total. The highest BCUT2D eigenvalue weighted by Crippen LogP contribution is 2.33. The Morgan fingerprint density at radius 2 is 1.76 bits per heavy atom. The summed E-state index contributed by atoms with van der Waals surface area (Å²) in [5, 5.41) is 1.37. The van der Waals surface area contributed by atoms with E-state index >= 15 is 0 Å². The first kappa shape index (κ1) is 13.1. The molecule has 1 nitrogen and oxygen atoms in total. The van der Waals surface area contributed by atoms with Gasteiger partial charge >= 0.3 is 0 Å². The van der Waals surface area contributed by atoms with Crippen LogP contribution in [0.4, 0.5) is 0 Å². The van der Waals surface area contributed by atoms with E-state index in [-0.39, 0.29) is 0 Å². The number of fused-ring (bicyclic) bond motifs is 1. The number of halogens is 1. The molecule has 0 saturated heterocycles. The molecule has 0 amide bonds. The van der Waals surface area contributed by atoms with Gasteiger partial charge in [-0.05, 0) is 54.0 Å². The van der Waals surface area contributed by atoms with Gasteiger partial charge in [0.2, 0.25) is 0 Å². The summed E-state index contributed by atoms with van der Waals surface area (Å²) in [6.45, 7) is 1.18. The van der Waals surface area contributed by atoms with Crippen LogP contribution in [0.5, 0.6) is 0 Å². The van der Waals surface area contributed by atoms with Gasteiger partial charge in [-0.1, -0.05) is 46.3 Å². The molecule has 2 heteroatoms. The van der Waals surface area contributed by atoms with Crippen LogP contribution < -0.4 is 0 Å². The smallest absolute Gasteiger partial charge is 0.0482 e. The number of hydrogen-bond donors (Lipinski definition) is 0. The second kappa shape index (κ2) is 5.34. The van der Waals surface area contributed by atoms with Crippen LogP contribution in [0.2, 0.25) is 0 Å². The van der Waals surface area contributed by atoms with Gasteiger partial charge in [-0.15, -0.1) is 0 Å². The predicted molar refractivity (Wildman–Crippen MR) is 91.6 cm³/mol. The zero-order valence-corrected chi connectivity index (χ0v) is 13.5. The Morgan fingerprint density at radius 3 is 2.52 bits per heavy atom. The van der Waals surface area contributed by atoms with Crippen LogP contribution in [0.15, 0.2) is 59.1 Å². The van der Waals surface area contributed by atoms with Crippen LogP contribution in [0.1, 0.15) is 24.1 Å². The maximum atomic E-state index is 3.51. The molecule has 0 spiro atoms. The molecule has 1 aromatic heterocycles. The highest BCUT2D eigenvalue weighted by atomic mass is 79.9. The van der Waals surface area contributed by atoms with Gasteiger partial charge in [0.05, 0.1) is 0 Å². The normalized spacial score (nSPS) is 14.7. The molecular weight excluding hydrogens is 322 g/mol. The summed E-state index contributed by atoms with van der Waals surface area (Å²) in [5.41, 5.74) is 4.19. The monoisotopic (exact) mass is 339 g/mol. The summed E-state index contributed by atoms with van der Waals surface area (Å²) in [4.78, 5) is 0. The molecule has 3 aromatic rings. The van der Waals surface area contributed by atoms with E-state index in [0.29, 0.717) is 0 Å². The Labute approximate surface area is 133 Å². The largest absolute Gasteiger partial charge is 0.344 e. The fourth-order valence-electron chi connectivity index (χ4n) is 3.00. The zero-order valence-electron chi connectivity index (χ0n) is 11.9. The summed E-state index contributed by atoms with van der Waals surface area (Å²) in [6.07, 6.45) is 3.79. The van der Waals surface area contributed by atoms with Crippen molar-refractivity contribution in [1.82, 2.24) is 4.57 Å². The molecule has 2 aromatic carbocycles. The fourth-order valence-corrected chi connectivity index (χ4v) is 3.26. The second-order valence-corrected chi connectivity index (χ2v) is 6.97. The van der Waals surface area contributed by atoms with Gasteiger partial charge in [0.25, 0.3) is 0 Å². The number of aromatic nitrogens is 1. The highest BCUT2D eigenvalue weighted by molar-refractivity contribution is 9.10. The highest BCUT2D eigenvalue weighted by Gasteiger charge is 2.23. The summed E-state index contributed by atoms with van der Waals surface area (Å²) in [6, 6.07) is 19.8. The molecule has 21 heavy (non-hydrogen) atoms. The molecule has 1 aliphatic carbocycles. The third-order valence-corrected chi connectivity index (χ3v) is 4.86. The van der Waals surface area contributed by atoms with E-state index in [1.807, 2.05) is 0 Å². The Bertz CT molecular complexity index is 766. The average Bonchev–Trinajstić information content (AvgIpc) is 3.25. The van der Waals surface area contributed by atoms with Crippen LogP contribution in [0.25, 0.3) is 10.9 Å². The fraction of sp³-hybridized carbons (Fsp3) is 0.263. The second-order valence-electron chi connectivity index (χ2n) is 6.05. The predicted octanol–water partition coefficient (Wildman–Crippen LogP) is 5.40. The van der Waals surface area contributed by atoms with Crippen molar-refractivity contribution < 1.29 is 0 Å². The van der Waals surface area contributed by atoms with Crippen LogP contribution in [0.3, 0.4) is 0 Å². The minimum absolute atomic E-state index is 0.893. The molecule has 0 aliphatic heterocycles. The van der Waals surface area contributed by atoms with E-state index in [1.54, 1.807) is 0 Å². The van der Waals surface area contributed by atoms with Gasteiger partial charge in [-0.2, -0.15) is 0 Å². The van der Waals surface area contributed by atoms with Crippen molar-refractivity contribution in [2.45, 2.75) is 25.8 Å². The molecule has 1 fully saturated rings. The number of para-hydroxylation sites is 1. The van der Waals surface area contributed by atoms with Crippen LogP contribution >= 0.6 is 15.9 Å². The molecule has 1 saturated carbocycles. The summed E-state index contributed by atoms with van der Waals surface area (Å²) < 4.78 is 3.68. The molecule has 1 aliphatic rings. The van der Waals surface area contributed by atoms with Gasteiger partial charge < -0.3 is 4.57 Å². The van der Waals surface area contributed by atoms with Crippen molar-refractivity contribution in [2.24, 2.45) is 5.92 Å². The van der Waals surface area contributed by atoms with Crippen molar-refractivity contribution in [1.29, 1.82) is 0 Å². The average molecular weight is 340 g/mol. The lowest BCUT2D eigenvalue weighted by molar-refractivity contribution is 0.626. The van der Waals surface area contributed by atoms with E-state index in [9.17, 15) is 0 Å². The van der Waals surface area contributed by atoms with Gasteiger partial charge in [0.15, 0.2) is 0 Å². The zero-order chi connectivity index (χ0) is 14.2. The SMILES string of the molecule is Brc1ccc(Cc2cc3ccccc3n2CC2CC2)cc1. The van der Waals surface area contributed by atoms with Gasteiger partial charge in [-0.25, -0.2) is 0 Å². The molecule has 106 valence electrons. The maximum absolute atomic E-state index is 3.51. The lowest BCUT2D eigenvalue weighted by Gasteiger charge is -2.10. The minimum Gasteiger partial charge on any atom is -0.344 e. The first-order chi connectivity index (χ1) is 10.3. The Kier molecular flexibility index (Phi) is 3.34. The van der Waals surface area contributed by atoms with Crippen molar-refractivity contribution >= 4 is 26.8 Å². The molecule has 0 unspecified atom stereocenters. The van der Waals surface area contributed by atoms with Gasteiger partial charge in [0, 0.05) is 28.6 Å². The lowest BCUT2D eigenvalue weighted by Crippen LogP contribution is -2.05. The summed E-state index contributed by atoms with van der Waals surface area (Å²) in [7, 11) is 0. The van der Waals surface area contributed by atoms with Gasteiger partial charge in [0.1, 0.15) is 0 Å². The number of nitrogens with zero attached hydrogens (tertiary/aromatic N) is 1. The van der Waals surface area contributed by atoms with E-state index in [4.69, 9.17) is 0 Å². The Hall–Kier alpha value is -1.54. The quantitative estimate of drug-likeness (QED) is 0.599. The Morgan fingerprint density at radius 1 is 1.00 bits per heavy atom. The van der Waals surface area contributed by atoms with Crippen molar-refractivity contribution in [3.8, 4) is 0 Å². The van der Waals surface area contributed by atoms with E-state index in [0.717, 1.165) is 16.8 Å².